The number of anilines is 1. The summed E-state index contributed by atoms with van der Waals surface area (Å²) in [5, 5.41) is 11.0. The minimum atomic E-state index is -1.16. The van der Waals surface area contributed by atoms with Crippen LogP contribution in [-0.2, 0) is 19.2 Å². The second-order valence-corrected chi connectivity index (χ2v) is 12.2. The van der Waals surface area contributed by atoms with Crippen molar-refractivity contribution in [3.8, 4) is 5.75 Å². The summed E-state index contributed by atoms with van der Waals surface area (Å²) in [5.74, 6) is -3.70. The van der Waals surface area contributed by atoms with Crippen LogP contribution in [0, 0.1) is 29.1 Å². The fourth-order valence-corrected chi connectivity index (χ4v) is 7.58. The second-order valence-electron chi connectivity index (χ2n) is 12.2. The number of aromatic hydroxyl groups is 1. The Labute approximate surface area is 222 Å². The highest BCUT2D eigenvalue weighted by molar-refractivity contribution is 6.24. The molecule has 2 aliphatic carbocycles. The molecule has 2 aliphatic heterocycles. The number of nitrogens with zero attached hydrogens (tertiary/aromatic N) is 2. The van der Waals surface area contributed by atoms with Gasteiger partial charge in [0.2, 0.25) is 23.6 Å². The van der Waals surface area contributed by atoms with Crippen LogP contribution in [0.25, 0.3) is 0 Å². The van der Waals surface area contributed by atoms with Crippen LogP contribution >= 0.6 is 0 Å². The summed E-state index contributed by atoms with van der Waals surface area (Å²) in [6.45, 7) is 7.39. The predicted octanol–water partition coefficient (Wildman–Crippen LogP) is 4.42. The SMILES string of the molecule is CC12C(=O)N(c3ccccc3)C(=O)C1CC1C(=CCC3C(=O)N(C(C)(C)C)C(=O)C31)C2c1ccccc1O. The van der Waals surface area contributed by atoms with Gasteiger partial charge in [-0.3, -0.25) is 24.1 Å². The quantitative estimate of drug-likeness (QED) is 0.475. The maximum atomic E-state index is 14.2. The Bertz CT molecular complexity index is 1410. The summed E-state index contributed by atoms with van der Waals surface area (Å²) >= 11 is 0. The van der Waals surface area contributed by atoms with Crippen LogP contribution < -0.4 is 4.90 Å². The predicted molar refractivity (Wildman–Crippen MR) is 141 cm³/mol. The van der Waals surface area contributed by atoms with Crippen LogP contribution in [0.5, 0.6) is 5.75 Å². The van der Waals surface area contributed by atoms with E-state index in [1.807, 2.05) is 45.9 Å². The lowest BCUT2D eigenvalue weighted by Crippen LogP contribution is -2.49. The average molecular weight is 513 g/mol. The first-order chi connectivity index (χ1) is 18.0. The van der Waals surface area contributed by atoms with Gasteiger partial charge in [0.25, 0.3) is 0 Å². The summed E-state index contributed by atoms with van der Waals surface area (Å²) in [6, 6.07) is 15.8. The van der Waals surface area contributed by atoms with Gasteiger partial charge in [-0.1, -0.05) is 48.0 Å². The van der Waals surface area contributed by atoms with Crippen molar-refractivity contribution < 1.29 is 24.3 Å². The van der Waals surface area contributed by atoms with Crippen LogP contribution in [0.15, 0.2) is 66.2 Å². The Hall–Kier alpha value is -3.74. The van der Waals surface area contributed by atoms with Crippen molar-refractivity contribution in [2.75, 3.05) is 4.90 Å². The van der Waals surface area contributed by atoms with Gasteiger partial charge in [0.05, 0.1) is 28.9 Å². The van der Waals surface area contributed by atoms with E-state index in [1.165, 1.54) is 9.80 Å². The summed E-state index contributed by atoms with van der Waals surface area (Å²) < 4.78 is 0. The van der Waals surface area contributed by atoms with E-state index in [4.69, 9.17) is 0 Å². The van der Waals surface area contributed by atoms with E-state index in [1.54, 1.807) is 42.5 Å². The molecule has 0 spiro atoms. The first-order valence-corrected chi connectivity index (χ1v) is 13.3. The Morgan fingerprint density at radius 2 is 1.53 bits per heavy atom. The zero-order valence-corrected chi connectivity index (χ0v) is 22.0. The van der Waals surface area contributed by atoms with Gasteiger partial charge >= 0.3 is 0 Å². The highest BCUT2D eigenvalue weighted by Crippen LogP contribution is 2.64. The summed E-state index contributed by atoms with van der Waals surface area (Å²) in [5.41, 5.74) is 0.135. The van der Waals surface area contributed by atoms with Gasteiger partial charge in [-0.25, -0.2) is 4.90 Å². The van der Waals surface area contributed by atoms with Gasteiger partial charge in [-0.2, -0.15) is 0 Å². The molecule has 2 heterocycles. The molecule has 6 atom stereocenters. The average Bonchev–Trinajstić information content (AvgIpc) is 3.25. The Kier molecular flexibility index (Phi) is 5.26. The standard InChI is InChI=1S/C31H32N2O5/c1-30(2,3)33-26(35)20-15-14-18-21(24(20)28(33)37)16-22-27(36)32(17-10-6-5-7-11-17)29(38)31(22,4)25(18)19-12-8-9-13-23(19)34/h5-14,20-22,24-25,34H,15-16H2,1-4H3. The van der Waals surface area contributed by atoms with Crippen LogP contribution in [0.1, 0.15) is 52.0 Å². The number of imide groups is 2. The molecule has 196 valence electrons. The number of rotatable bonds is 2. The number of likely N-dealkylation sites (tertiary alicyclic amines) is 1. The zero-order valence-electron chi connectivity index (χ0n) is 22.0. The third-order valence-electron chi connectivity index (χ3n) is 9.21. The Morgan fingerprint density at radius 3 is 2.18 bits per heavy atom. The Morgan fingerprint density at radius 1 is 0.868 bits per heavy atom. The van der Waals surface area contributed by atoms with E-state index in [9.17, 15) is 24.3 Å². The van der Waals surface area contributed by atoms with Crippen molar-refractivity contribution in [2.24, 2.45) is 29.1 Å². The van der Waals surface area contributed by atoms with Crippen molar-refractivity contribution in [3.05, 3.63) is 71.8 Å². The van der Waals surface area contributed by atoms with Crippen LogP contribution in [-0.4, -0.2) is 39.2 Å². The van der Waals surface area contributed by atoms with Gasteiger partial charge in [0.15, 0.2) is 0 Å². The van der Waals surface area contributed by atoms with E-state index in [2.05, 4.69) is 0 Å². The molecule has 2 aromatic rings. The minimum Gasteiger partial charge on any atom is -0.508 e. The summed E-state index contributed by atoms with van der Waals surface area (Å²) in [4.78, 5) is 58.2. The number of fused-ring (bicyclic) bond motifs is 4. The zero-order chi connectivity index (χ0) is 27.1. The molecule has 4 aliphatic rings. The maximum Gasteiger partial charge on any atom is 0.241 e. The lowest BCUT2D eigenvalue weighted by molar-refractivity contribution is -0.145. The minimum absolute atomic E-state index is 0.0460. The molecule has 0 radical (unpaired) electrons. The fraction of sp³-hybridized carbons (Fsp3) is 0.419. The number of phenolic OH excluding ortho intramolecular Hbond substituents is 1. The van der Waals surface area contributed by atoms with Crippen molar-refractivity contribution in [3.63, 3.8) is 0 Å². The molecular formula is C31H32N2O5. The molecule has 7 nitrogen and oxygen atoms in total. The number of allylic oxidation sites excluding steroid dienone is 2. The number of benzene rings is 2. The second kappa shape index (κ2) is 8.13. The molecule has 1 saturated carbocycles. The molecular weight excluding hydrogens is 480 g/mol. The number of carbonyl (C=O) groups is 4. The summed E-state index contributed by atoms with van der Waals surface area (Å²) in [6.07, 6.45) is 2.70. The highest BCUT2D eigenvalue weighted by Gasteiger charge is 2.68. The van der Waals surface area contributed by atoms with Crippen molar-refractivity contribution >= 4 is 29.3 Å². The summed E-state index contributed by atoms with van der Waals surface area (Å²) in [7, 11) is 0. The van der Waals surface area contributed by atoms with Gasteiger partial charge < -0.3 is 5.11 Å². The highest BCUT2D eigenvalue weighted by atomic mass is 16.3. The molecule has 3 fully saturated rings. The lowest BCUT2D eigenvalue weighted by atomic mass is 9.51. The lowest BCUT2D eigenvalue weighted by Gasteiger charge is -2.49. The number of hydrogen-bond donors (Lipinski definition) is 1. The van der Waals surface area contributed by atoms with Crippen molar-refractivity contribution in [1.82, 2.24) is 4.90 Å². The first kappa shape index (κ1) is 24.6. The monoisotopic (exact) mass is 512 g/mol. The number of phenols is 1. The molecule has 38 heavy (non-hydrogen) atoms. The smallest absolute Gasteiger partial charge is 0.241 e. The largest absolute Gasteiger partial charge is 0.508 e. The molecule has 1 N–H and O–H groups in total. The van der Waals surface area contributed by atoms with Crippen LogP contribution in [0.2, 0.25) is 0 Å². The maximum absolute atomic E-state index is 14.2. The van der Waals surface area contributed by atoms with Gasteiger partial charge in [-0.05, 0) is 64.7 Å². The Balaban J connectivity index is 1.53. The normalized spacial score (nSPS) is 32.7. The van der Waals surface area contributed by atoms with Crippen molar-refractivity contribution in [2.45, 2.75) is 52.0 Å². The van der Waals surface area contributed by atoms with E-state index in [-0.39, 0.29) is 35.3 Å². The number of hydrogen-bond acceptors (Lipinski definition) is 5. The third kappa shape index (κ3) is 3.14. The van der Waals surface area contributed by atoms with E-state index < -0.39 is 34.6 Å². The van der Waals surface area contributed by atoms with E-state index in [0.717, 1.165) is 5.57 Å². The van der Waals surface area contributed by atoms with Gasteiger partial charge in [-0.15, -0.1) is 0 Å². The molecule has 0 bridgehead atoms. The molecule has 7 heteroatoms. The molecule has 0 aromatic heterocycles. The number of carbonyl (C=O) groups excluding carboxylic acids is 4. The third-order valence-corrected chi connectivity index (χ3v) is 9.21. The molecule has 6 unspecified atom stereocenters. The van der Waals surface area contributed by atoms with Gasteiger partial charge in [0, 0.05) is 17.0 Å². The van der Waals surface area contributed by atoms with Crippen LogP contribution in [0.4, 0.5) is 5.69 Å². The molecule has 2 aromatic carbocycles. The number of para-hydroxylation sites is 2. The molecule has 6 rings (SSSR count). The fourth-order valence-electron chi connectivity index (χ4n) is 7.58. The van der Waals surface area contributed by atoms with E-state index in [0.29, 0.717) is 24.1 Å². The van der Waals surface area contributed by atoms with Crippen molar-refractivity contribution in [1.29, 1.82) is 0 Å². The topological polar surface area (TPSA) is 95.0 Å². The molecule has 4 amide bonds. The number of amides is 4. The van der Waals surface area contributed by atoms with Crippen LogP contribution in [0.3, 0.4) is 0 Å². The van der Waals surface area contributed by atoms with E-state index >= 15 is 0 Å². The van der Waals surface area contributed by atoms with Gasteiger partial charge in [0.1, 0.15) is 5.75 Å². The first-order valence-electron chi connectivity index (χ1n) is 13.3. The molecule has 2 saturated heterocycles.